The quantitative estimate of drug-likeness (QED) is 0.283. The molecule has 2 aromatic rings. The molecule has 8 heteroatoms. The molecule has 0 saturated carbocycles. The van der Waals surface area contributed by atoms with Crippen LogP contribution >= 0.6 is 0 Å². The lowest BCUT2D eigenvalue weighted by Crippen LogP contribution is -2.48. The zero-order valence-electron chi connectivity index (χ0n) is 25.2. The molecule has 1 fully saturated rings. The van der Waals surface area contributed by atoms with Gasteiger partial charge in [-0.1, -0.05) is 12.1 Å². The number of nitrogens with zero attached hydrogens (tertiary/aromatic N) is 2. The van der Waals surface area contributed by atoms with Gasteiger partial charge in [-0.15, -0.1) is 0 Å². The van der Waals surface area contributed by atoms with Crippen LogP contribution < -0.4 is 30.4 Å². The highest BCUT2D eigenvalue weighted by atomic mass is 16.5. The molecule has 0 aromatic heterocycles. The minimum absolute atomic E-state index is 0.120. The van der Waals surface area contributed by atoms with E-state index in [-0.39, 0.29) is 12.1 Å². The number of piperazine rings is 1. The van der Waals surface area contributed by atoms with Crippen LogP contribution in [0.5, 0.6) is 23.0 Å². The number of hydrogen-bond donors (Lipinski definition) is 2. The SMILES string of the molecule is CCOc1ccc(CC(N)CCN2CCN(CCC(N)Cc3ccc(OCC)c(OCC)c3)CC2)cc1OCC. The zero-order valence-corrected chi connectivity index (χ0v) is 25.2. The number of ether oxygens (including phenoxy) is 4. The highest BCUT2D eigenvalue weighted by Crippen LogP contribution is 2.30. The van der Waals surface area contributed by atoms with Gasteiger partial charge in [0.1, 0.15) is 0 Å². The third-order valence-corrected chi connectivity index (χ3v) is 7.31. The lowest BCUT2D eigenvalue weighted by molar-refractivity contribution is 0.127. The summed E-state index contributed by atoms with van der Waals surface area (Å²) in [5.41, 5.74) is 15.4. The molecule has 40 heavy (non-hydrogen) atoms. The van der Waals surface area contributed by atoms with E-state index in [1.807, 2.05) is 39.8 Å². The van der Waals surface area contributed by atoms with Gasteiger partial charge in [-0.2, -0.15) is 0 Å². The second kappa shape index (κ2) is 17.3. The van der Waals surface area contributed by atoms with E-state index in [4.69, 9.17) is 30.4 Å². The normalized spacial score (nSPS) is 15.9. The predicted molar refractivity (Wildman–Crippen MR) is 163 cm³/mol. The fraction of sp³-hybridized carbons (Fsp3) is 0.625. The van der Waals surface area contributed by atoms with E-state index in [1.165, 1.54) is 11.1 Å². The highest BCUT2D eigenvalue weighted by Gasteiger charge is 2.19. The summed E-state index contributed by atoms with van der Waals surface area (Å²) in [5, 5.41) is 0. The first-order valence-corrected chi connectivity index (χ1v) is 15.2. The molecular weight excluding hydrogens is 504 g/mol. The van der Waals surface area contributed by atoms with E-state index in [0.717, 1.165) is 87.9 Å². The molecule has 2 atom stereocenters. The summed E-state index contributed by atoms with van der Waals surface area (Å²) in [4.78, 5) is 5.07. The number of nitrogens with two attached hydrogens (primary N) is 2. The third-order valence-electron chi connectivity index (χ3n) is 7.31. The van der Waals surface area contributed by atoms with Crippen molar-refractivity contribution in [1.29, 1.82) is 0 Å². The van der Waals surface area contributed by atoms with Crippen molar-refractivity contribution in [3.63, 3.8) is 0 Å². The fourth-order valence-corrected chi connectivity index (χ4v) is 5.19. The maximum absolute atomic E-state index is 6.53. The van der Waals surface area contributed by atoms with Crippen LogP contribution in [0.3, 0.4) is 0 Å². The molecule has 1 aliphatic heterocycles. The van der Waals surface area contributed by atoms with Gasteiger partial charge in [0.2, 0.25) is 0 Å². The maximum atomic E-state index is 6.53. The predicted octanol–water partition coefficient (Wildman–Crippen LogP) is 4.12. The molecule has 1 heterocycles. The Kier molecular flexibility index (Phi) is 13.9. The van der Waals surface area contributed by atoms with Crippen LogP contribution in [0.4, 0.5) is 0 Å². The molecule has 224 valence electrons. The van der Waals surface area contributed by atoms with Crippen LogP contribution in [-0.2, 0) is 12.8 Å². The number of rotatable bonds is 18. The molecule has 1 saturated heterocycles. The van der Waals surface area contributed by atoms with Gasteiger partial charge in [0.15, 0.2) is 23.0 Å². The first-order valence-electron chi connectivity index (χ1n) is 15.2. The van der Waals surface area contributed by atoms with Crippen LogP contribution in [0.25, 0.3) is 0 Å². The summed E-state index contributed by atoms with van der Waals surface area (Å²) in [6.07, 6.45) is 3.64. The number of benzene rings is 2. The summed E-state index contributed by atoms with van der Waals surface area (Å²) in [5.74, 6) is 3.21. The summed E-state index contributed by atoms with van der Waals surface area (Å²) >= 11 is 0. The summed E-state index contributed by atoms with van der Waals surface area (Å²) in [6.45, 7) is 16.8. The van der Waals surface area contributed by atoms with Crippen LogP contribution in [0, 0.1) is 0 Å². The van der Waals surface area contributed by atoms with Gasteiger partial charge in [0, 0.05) is 38.3 Å². The Morgan fingerprint density at radius 1 is 0.575 bits per heavy atom. The minimum atomic E-state index is 0.120. The smallest absolute Gasteiger partial charge is 0.161 e. The van der Waals surface area contributed by atoms with Gasteiger partial charge in [-0.3, -0.25) is 0 Å². The standard InChI is InChI=1S/C32H52N4O4/c1-5-37-29-11-9-25(23-31(29)39-7-3)21-27(33)13-15-35-17-19-36(20-18-35)16-14-28(34)22-26-10-12-30(38-6-2)32(24-26)40-8-4/h9-12,23-24,27-28H,5-8,13-22,33-34H2,1-4H3. The van der Waals surface area contributed by atoms with Gasteiger partial charge < -0.3 is 40.2 Å². The Labute approximate surface area is 241 Å². The Hall–Kier alpha value is -2.52. The van der Waals surface area contributed by atoms with E-state index in [0.29, 0.717) is 26.4 Å². The summed E-state index contributed by atoms with van der Waals surface area (Å²) < 4.78 is 22.9. The Balaban J connectivity index is 1.35. The van der Waals surface area contributed by atoms with Gasteiger partial charge in [0.05, 0.1) is 26.4 Å². The number of hydrogen-bond acceptors (Lipinski definition) is 8. The second-order valence-corrected chi connectivity index (χ2v) is 10.5. The van der Waals surface area contributed by atoms with Crippen LogP contribution in [-0.4, -0.2) is 87.6 Å². The first-order chi connectivity index (χ1) is 19.4. The average Bonchev–Trinajstić information content (AvgIpc) is 2.94. The molecule has 0 radical (unpaired) electrons. The van der Waals surface area contributed by atoms with Crippen molar-refractivity contribution in [3.8, 4) is 23.0 Å². The molecule has 0 aliphatic carbocycles. The maximum Gasteiger partial charge on any atom is 0.161 e. The Morgan fingerprint density at radius 2 is 0.925 bits per heavy atom. The molecule has 3 rings (SSSR count). The van der Waals surface area contributed by atoms with Crippen molar-refractivity contribution in [2.45, 2.75) is 65.5 Å². The molecule has 0 amide bonds. The van der Waals surface area contributed by atoms with E-state index in [2.05, 4.69) is 34.1 Å². The van der Waals surface area contributed by atoms with Gasteiger partial charge in [-0.05, 0) is 102 Å². The van der Waals surface area contributed by atoms with E-state index >= 15 is 0 Å². The van der Waals surface area contributed by atoms with Crippen molar-refractivity contribution < 1.29 is 18.9 Å². The molecular formula is C32H52N4O4. The fourth-order valence-electron chi connectivity index (χ4n) is 5.19. The van der Waals surface area contributed by atoms with Crippen molar-refractivity contribution in [2.24, 2.45) is 11.5 Å². The van der Waals surface area contributed by atoms with Crippen molar-refractivity contribution >= 4 is 0 Å². The second-order valence-electron chi connectivity index (χ2n) is 10.5. The van der Waals surface area contributed by atoms with E-state index in [9.17, 15) is 0 Å². The van der Waals surface area contributed by atoms with E-state index < -0.39 is 0 Å². The molecule has 1 aliphatic rings. The zero-order chi connectivity index (χ0) is 28.7. The minimum Gasteiger partial charge on any atom is -0.490 e. The average molecular weight is 557 g/mol. The van der Waals surface area contributed by atoms with Crippen LogP contribution in [0.2, 0.25) is 0 Å². The largest absolute Gasteiger partial charge is 0.490 e. The Morgan fingerprint density at radius 3 is 1.27 bits per heavy atom. The van der Waals surface area contributed by atoms with Gasteiger partial charge >= 0.3 is 0 Å². The molecule has 4 N–H and O–H groups in total. The van der Waals surface area contributed by atoms with Crippen LogP contribution in [0.15, 0.2) is 36.4 Å². The topological polar surface area (TPSA) is 95.4 Å². The molecule has 2 aromatic carbocycles. The Bertz CT molecular complexity index is 917. The molecule has 0 spiro atoms. The first kappa shape index (κ1) is 32.0. The molecule has 8 nitrogen and oxygen atoms in total. The summed E-state index contributed by atoms with van der Waals surface area (Å²) in [6, 6.07) is 12.6. The summed E-state index contributed by atoms with van der Waals surface area (Å²) in [7, 11) is 0. The van der Waals surface area contributed by atoms with Crippen LogP contribution in [0.1, 0.15) is 51.7 Å². The van der Waals surface area contributed by atoms with E-state index in [1.54, 1.807) is 0 Å². The molecule has 0 bridgehead atoms. The lowest BCUT2D eigenvalue weighted by Gasteiger charge is -2.35. The van der Waals surface area contributed by atoms with Crippen molar-refractivity contribution in [1.82, 2.24) is 9.80 Å². The monoisotopic (exact) mass is 556 g/mol. The van der Waals surface area contributed by atoms with Gasteiger partial charge in [0.25, 0.3) is 0 Å². The van der Waals surface area contributed by atoms with Gasteiger partial charge in [-0.25, -0.2) is 0 Å². The lowest BCUT2D eigenvalue weighted by atomic mass is 10.0. The van der Waals surface area contributed by atoms with Crippen molar-refractivity contribution in [2.75, 3.05) is 65.7 Å². The third kappa shape index (κ3) is 10.5. The van der Waals surface area contributed by atoms with Crippen molar-refractivity contribution in [3.05, 3.63) is 47.5 Å². The highest BCUT2D eigenvalue weighted by molar-refractivity contribution is 5.44. The molecule has 2 unspecified atom stereocenters.